The number of nitrogens with one attached hydrogen (secondary N) is 1. The van der Waals surface area contributed by atoms with Crippen LogP contribution in [0.4, 0.5) is 13.2 Å². The van der Waals surface area contributed by atoms with Crippen LogP contribution in [0.3, 0.4) is 0 Å². The molecule has 0 atom stereocenters. The van der Waals surface area contributed by atoms with Gasteiger partial charge in [-0.3, -0.25) is 0 Å². The second-order valence-electron chi connectivity index (χ2n) is 3.62. The Bertz CT molecular complexity index is 307. The maximum Gasteiger partial charge on any atom is 0.390 e. The van der Waals surface area contributed by atoms with Crippen molar-refractivity contribution in [2.75, 3.05) is 6.54 Å². The number of aromatic nitrogens is 2. The molecule has 1 N–H and O–H groups in total. The Morgan fingerprint density at radius 1 is 1.44 bits per heavy atom. The predicted molar refractivity (Wildman–Crippen MR) is 54.9 cm³/mol. The summed E-state index contributed by atoms with van der Waals surface area (Å²) in [4.78, 5) is 3.97. The van der Waals surface area contributed by atoms with E-state index < -0.39 is 12.6 Å². The molecule has 0 radical (unpaired) electrons. The van der Waals surface area contributed by atoms with Crippen LogP contribution in [0.2, 0.25) is 0 Å². The van der Waals surface area contributed by atoms with Gasteiger partial charge in [0.05, 0.1) is 18.4 Å². The first-order valence-electron chi connectivity index (χ1n) is 5.29. The zero-order chi connectivity index (χ0) is 12.0. The van der Waals surface area contributed by atoms with Gasteiger partial charge < -0.3 is 9.88 Å². The van der Waals surface area contributed by atoms with Gasteiger partial charge in [-0.1, -0.05) is 6.92 Å². The lowest BCUT2D eigenvalue weighted by atomic mass is 10.3. The Morgan fingerprint density at radius 3 is 2.81 bits per heavy atom. The molecule has 0 spiro atoms. The van der Waals surface area contributed by atoms with Crippen molar-refractivity contribution in [2.24, 2.45) is 0 Å². The van der Waals surface area contributed by atoms with Crippen molar-refractivity contribution >= 4 is 0 Å². The number of nitrogens with zero attached hydrogens (tertiary/aromatic N) is 2. The average Bonchev–Trinajstić information content (AvgIpc) is 2.60. The van der Waals surface area contributed by atoms with Gasteiger partial charge in [-0.25, -0.2) is 4.98 Å². The van der Waals surface area contributed by atoms with Gasteiger partial charge >= 0.3 is 6.18 Å². The summed E-state index contributed by atoms with van der Waals surface area (Å²) in [7, 11) is 0. The fourth-order valence-electron chi connectivity index (χ4n) is 1.38. The van der Waals surface area contributed by atoms with Crippen molar-refractivity contribution in [2.45, 2.75) is 39.0 Å². The Kier molecular flexibility index (Phi) is 4.79. The molecular weight excluding hydrogens is 219 g/mol. The van der Waals surface area contributed by atoms with Gasteiger partial charge in [0.15, 0.2) is 0 Å². The number of halogens is 3. The first kappa shape index (κ1) is 13.0. The first-order valence-corrected chi connectivity index (χ1v) is 5.29. The highest BCUT2D eigenvalue weighted by Gasteiger charge is 2.25. The molecule has 0 fully saturated rings. The van der Waals surface area contributed by atoms with E-state index in [9.17, 15) is 13.2 Å². The molecular formula is C10H16F3N3. The fraction of sp³-hybridized carbons (Fsp3) is 0.700. The molecule has 0 aliphatic heterocycles. The van der Waals surface area contributed by atoms with E-state index in [4.69, 9.17) is 0 Å². The van der Waals surface area contributed by atoms with Gasteiger partial charge in [0, 0.05) is 25.8 Å². The minimum atomic E-state index is -4.09. The van der Waals surface area contributed by atoms with E-state index in [1.807, 2.05) is 11.5 Å². The molecule has 1 rings (SSSR count). The molecule has 0 aliphatic rings. The molecule has 1 heterocycles. The highest BCUT2D eigenvalue weighted by molar-refractivity contribution is 4.97. The van der Waals surface area contributed by atoms with E-state index in [1.165, 1.54) is 0 Å². The number of hydrogen-bond donors (Lipinski definition) is 1. The zero-order valence-corrected chi connectivity index (χ0v) is 9.22. The molecule has 0 unspecified atom stereocenters. The maximum absolute atomic E-state index is 11.9. The van der Waals surface area contributed by atoms with E-state index in [0.29, 0.717) is 6.54 Å². The predicted octanol–water partition coefficient (Wildman–Crippen LogP) is 2.34. The number of imidazole rings is 1. The van der Waals surface area contributed by atoms with Gasteiger partial charge in [-0.15, -0.1) is 0 Å². The number of alkyl halides is 3. The quantitative estimate of drug-likeness (QED) is 0.767. The molecule has 92 valence electrons. The minimum absolute atomic E-state index is 0.0548. The topological polar surface area (TPSA) is 29.9 Å². The Morgan fingerprint density at radius 2 is 2.19 bits per heavy atom. The van der Waals surface area contributed by atoms with E-state index in [1.54, 1.807) is 12.5 Å². The molecule has 0 bridgehead atoms. The SMILES string of the molecule is CCCn1cncc1CNCCC(F)(F)F. The summed E-state index contributed by atoms with van der Waals surface area (Å²) in [5.41, 5.74) is 0.920. The Labute approximate surface area is 92.7 Å². The lowest BCUT2D eigenvalue weighted by molar-refractivity contribution is -0.133. The summed E-state index contributed by atoms with van der Waals surface area (Å²) in [6, 6.07) is 0. The standard InChI is InChI=1S/C10H16F3N3/c1-2-5-16-8-15-7-9(16)6-14-4-3-10(11,12)13/h7-8,14H,2-6H2,1H3. The molecule has 3 nitrogen and oxygen atoms in total. The summed E-state index contributed by atoms with van der Waals surface area (Å²) in [5, 5.41) is 2.76. The average molecular weight is 235 g/mol. The van der Waals surface area contributed by atoms with Gasteiger partial charge in [-0.05, 0) is 6.42 Å². The van der Waals surface area contributed by atoms with Crippen molar-refractivity contribution < 1.29 is 13.2 Å². The molecule has 6 heteroatoms. The summed E-state index contributed by atoms with van der Waals surface area (Å²) in [5.74, 6) is 0. The van der Waals surface area contributed by atoms with Crippen LogP contribution in [0.15, 0.2) is 12.5 Å². The van der Waals surface area contributed by atoms with Crippen LogP contribution in [0.1, 0.15) is 25.5 Å². The maximum atomic E-state index is 11.9. The van der Waals surface area contributed by atoms with E-state index in [2.05, 4.69) is 10.3 Å². The third-order valence-corrected chi connectivity index (χ3v) is 2.15. The van der Waals surface area contributed by atoms with Crippen molar-refractivity contribution in [3.8, 4) is 0 Å². The van der Waals surface area contributed by atoms with Crippen molar-refractivity contribution in [1.82, 2.24) is 14.9 Å². The molecule has 1 aromatic heterocycles. The minimum Gasteiger partial charge on any atom is -0.333 e. The second kappa shape index (κ2) is 5.89. The van der Waals surface area contributed by atoms with Crippen LogP contribution >= 0.6 is 0 Å². The second-order valence-corrected chi connectivity index (χ2v) is 3.62. The number of hydrogen-bond acceptors (Lipinski definition) is 2. The van der Waals surface area contributed by atoms with Crippen LogP contribution in [-0.2, 0) is 13.1 Å². The summed E-state index contributed by atoms with van der Waals surface area (Å²) in [6.07, 6.45) is -0.530. The third-order valence-electron chi connectivity index (χ3n) is 2.15. The summed E-state index contributed by atoms with van der Waals surface area (Å²) < 4.78 is 37.5. The van der Waals surface area contributed by atoms with Crippen LogP contribution in [0.25, 0.3) is 0 Å². The van der Waals surface area contributed by atoms with Gasteiger partial charge in [0.1, 0.15) is 0 Å². The van der Waals surface area contributed by atoms with Crippen LogP contribution in [-0.4, -0.2) is 22.3 Å². The molecule has 0 aliphatic carbocycles. The third kappa shape index (κ3) is 4.65. The van der Waals surface area contributed by atoms with Crippen molar-refractivity contribution in [3.63, 3.8) is 0 Å². The Balaban J connectivity index is 2.29. The largest absolute Gasteiger partial charge is 0.390 e. The zero-order valence-electron chi connectivity index (χ0n) is 9.22. The molecule has 1 aromatic rings. The molecule has 0 saturated carbocycles. The van der Waals surface area contributed by atoms with E-state index in [-0.39, 0.29) is 6.54 Å². The lowest BCUT2D eigenvalue weighted by Crippen LogP contribution is -2.22. The molecule has 0 amide bonds. The van der Waals surface area contributed by atoms with Crippen LogP contribution in [0.5, 0.6) is 0 Å². The van der Waals surface area contributed by atoms with Crippen LogP contribution in [0, 0.1) is 0 Å². The normalized spacial score (nSPS) is 12.0. The highest BCUT2D eigenvalue weighted by Crippen LogP contribution is 2.18. The van der Waals surface area contributed by atoms with Gasteiger partial charge in [-0.2, -0.15) is 13.2 Å². The molecule has 16 heavy (non-hydrogen) atoms. The number of aryl methyl sites for hydroxylation is 1. The van der Waals surface area contributed by atoms with E-state index >= 15 is 0 Å². The van der Waals surface area contributed by atoms with E-state index in [0.717, 1.165) is 18.7 Å². The smallest absolute Gasteiger partial charge is 0.333 e. The van der Waals surface area contributed by atoms with Crippen molar-refractivity contribution in [3.05, 3.63) is 18.2 Å². The summed E-state index contributed by atoms with van der Waals surface area (Å²) >= 11 is 0. The van der Waals surface area contributed by atoms with Crippen molar-refractivity contribution in [1.29, 1.82) is 0 Å². The van der Waals surface area contributed by atoms with Gasteiger partial charge in [0.2, 0.25) is 0 Å². The summed E-state index contributed by atoms with van der Waals surface area (Å²) in [6.45, 7) is 3.26. The van der Waals surface area contributed by atoms with Crippen LogP contribution < -0.4 is 5.32 Å². The lowest BCUT2D eigenvalue weighted by Gasteiger charge is -2.09. The molecule has 0 aromatic carbocycles. The first-order chi connectivity index (χ1) is 7.53. The fourth-order valence-corrected chi connectivity index (χ4v) is 1.38. The Hall–Kier alpha value is -1.04. The van der Waals surface area contributed by atoms with Gasteiger partial charge in [0.25, 0.3) is 0 Å². The monoisotopic (exact) mass is 235 g/mol. The number of rotatable bonds is 6. The highest BCUT2D eigenvalue weighted by atomic mass is 19.4. The molecule has 0 saturated heterocycles.